The van der Waals surface area contributed by atoms with Gasteiger partial charge in [0.25, 0.3) is 0 Å². The van der Waals surface area contributed by atoms with E-state index in [1.807, 2.05) is 26.8 Å². The summed E-state index contributed by atoms with van der Waals surface area (Å²) in [7, 11) is -3.14. The second-order valence-corrected chi connectivity index (χ2v) is 7.37. The predicted molar refractivity (Wildman–Crippen MR) is 75.0 cm³/mol. The third-order valence-electron chi connectivity index (χ3n) is 3.54. The quantitative estimate of drug-likeness (QED) is 0.643. The fraction of sp³-hybridized carbons (Fsp3) is 0.538. The van der Waals surface area contributed by atoms with Gasteiger partial charge in [0.1, 0.15) is 0 Å². The van der Waals surface area contributed by atoms with Crippen molar-refractivity contribution in [3.63, 3.8) is 0 Å². The van der Waals surface area contributed by atoms with Crippen molar-refractivity contribution in [1.29, 1.82) is 0 Å². The number of benzene rings is 1. The number of hydrogen-bond acceptors (Lipinski definition) is 4. The highest BCUT2D eigenvalue weighted by molar-refractivity contribution is 7.91. The topological polar surface area (TPSA) is 72.2 Å². The minimum Gasteiger partial charge on any atom is -0.271 e. The maximum atomic E-state index is 11.7. The maximum absolute atomic E-state index is 11.7. The lowest BCUT2D eigenvalue weighted by molar-refractivity contribution is 0.511. The van der Waals surface area contributed by atoms with Crippen molar-refractivity contribution in [3.8, 4) is 0 Å². The van der Waals surface area contributed by atoms with Gasteiger partial charge in [0.2, 0.25) is 0 Å². The zero-order valence-corrected chi connectivity index (χ0v) is 12.4. The van der Waals surface area contributed by atoms with Crippen LogP contribution in [0.15, 0.2) is 12.1 Å². The van der Waals surface area contributed by atoms with Crippen molar-refractivity contribution >= 4 is 9.84 Å². The summed E-state index contributed by atoms with van der Waals surface area (Å²) in [5.74, 6) is 5.54. The molecule has 2 atom stereocenters. The number of nitrogens with two attached hydrogens (primary N) is 1. The molecule has 0 saturated carbocycles. The van der Waals surface area contributed by atoms with Gasteiger partial charge in [-0.25, -0.2) is 8.42 Å². The normalized spacial score (nSPS) is 15.4. The largest absolute Gasteiger partial charge is 0.271 e. The Balaban J connectivity index is 3.30. The zero-order chi connectivity index (χ0) is 14.1. The minimum absolute atomic E-state index is 0.390. The Morgan fingerprint density at radius 3 is 2.06 bits per heavy atom. The third-order valence-corrected chi connectivity index (χ3v) is 5.16. The lowest BCUT2D eigenvalue weighted by atomic mass is 9.94. The van der Waals surface area contributed by atoms with Gasteiger partial charge in [0.15, 0.2) is 9.84 Å². The Morgan fingerprint density at radius 2 is 1.61 bits per heavy atom. The average Bonchev–Trinajstić information content (AvgIpc) is 2.24. The summed E-state index contributed by atoms with van der Waals surface area (Å²) in [4.78, 5) is 0. The van der Waals surface area contributed by atoms with Crippen LogP contribution >= 0.6 is 0 Å². The first kappa shape index (κ1) is 15.1. The molecule has 0 radical (unpaired) electrons. The number of nitrogens with one attached hydrogen (secondary N) is 1. The lowest BCUT2D eigenvalue weighted by Gasteiger charge is -2.24. The Hall–Kier alpha value is -0.910. The van der Waals surface area contributed by atoms with E-state index >= 15 is 0 Å². The second kappa shape index (κ2) is 5.38. The smallest absolute Gasteiger partial charge is 0.151 e. The molecule has 4 nitrogen and oxygen atoms in total. The van der Waals surface area contributed by atoms with E-state index in [0.29, 0.717) is 0 Å². The van der Waals surface area contributed by atoms with Crippen LogP contribution in [-0.4, -0.2) is 19.9 Å². The Labute approximate surface area is 109 Å². The maximum Gasteiger partial charge on any atom is 0.151 e. The van der Waals surface area contributed by atoms with Crippen molar-refractivity contribution in [2.24, 2.45) is 5.84 Å². The highest BCUT2D eigenvalue weighted by atomic mass is 32.2. The fourth-order valence-corrected chi connectivity index (χ4v) is 2.76. The molecule has 1 aromatic rings. The first-order chi connectivity index (χ1) is 8.18. The van der Waals surface area contributed by atoms with Crippen molar-refractivity contribution in [3.05, 3.63) is 34.4 Å². The molecule has 0 fully saturated rings. The SMILES string of the molecule is Cc1cc(C)c(C(NN)C(C)S(C)(=O)=O)cc1C. The molecule has 0 aliphatic heterocycles. The summed E-state index contributed by atoms with van der Waals surface area (Å²) in [5.41, 5.74) is 6.96. The minimum atomic E-state index is -3.14. The number of sulfone groups is 1. The number of hydrazine groups is 1. The third kappa shape index (κ3) is 3.10. The van der Waals surface area contributed by atoms with Crippen LogP contribution in [-0.2, 0) is 9.84 Å². The molecule has 0 bridgehead atoms. The summed E-state index contributed by atoms with van der Waals surface area (Å²) in [6.07, 6.45) is 1.23. The molecular weight excluding hydrogens is 248 g/mol. The molecule has 102 valence electrons. The van der Waals surface area contributed by atoms with E-state index in [4.69, 9.17) is 5.84 Å². The number of aryl methyl sites for hydroxylation is 3. The van der Waals surface area contributed by atoms with Gasteiger partial charge in [0.05, 0.1) is 11.3 Å². The number of rotatable bonds is 4. The second-order valence-electron chi connectivity index (χ2n) is 4.97. The predicted octanol–water partition coefficient (Wildman–Crippen LogP) is 1.55. The van der Waals surface area contributed by atoms with Crippen LogP contribution in [0.3, 0.4) is 0 Å². The van der Waals surface area contributed by atoms with Gasteiger partial charge >= 0.3 is 0 Å². The van der Waals surface area contributed by atoms with Crippen molar-refractivity contribution in [2.45, 2.75) is 39.0 Å². The molecule has 0 saturated heterocycles. The highest BCUT2D eigenvalue weighted by Crippen LogP contribution is 2.26. The first-order valence-corrected chi connectivity index (χ1v) is 7.86. The van der Waals surface area contributed by atoms with E-state index in [-0.39, 0.29) is 6.04 Å². The summed E-state index contributed by atoms with van der Waals surface area (Å²) >= 11 is 0. The first-order valence-electron chi connectivity index (χ1n) is 5.91. The van der Waals surface area contributed by atoms with Crippen LogP contribution < -0.4 is 11.3 Å². The molecular formula is C13H22N2O2S. The summed E-state index contributed by atoms with van der Waals surface area (Å²) < 4.78 is 23.3. The van der Waals surface area contributed by atoms with E-state index in [9.17, 15) is 8.42 Å². The van der Waals surface area contributed by atoms with Gasteiger partial charge in [-0.3, -0.25) is 11.3 Å². The van der Waals surface area contributed by atoms with Crippen molar-refractivity contribution in [1.82, 2.24) is 5.43 Å². The lowest BCUT2D eigenvalue weighted by Crippen LogP contribution is -2.39. The van der Waals surface area contributed by atoms with E-state index in [0.717, 1.165) is 16.7 Å². The molecule has 0 aliphatic carbocycles. The van der Waals surface area contributed by atoms with Crippen LogP contribution in [0.4, 0.5) is 0 Å². The van der Waals surface area contributed by atoms with Gasteiger partial charge in [-0.05, 0) is 49.9 Å². The van der Waals surface area contributed by atoms with Gasteiger partial charge in [0, 0.05) is 6.26 Å². The van der Waals surface area contributed by atoms with Gasteiger partial charge < -0.3 is 0 Å². The monoisotopic (exact) mass is 270 g/mol. The molecule has 2 unspecified atom stereocenters. The molecule has 0 aliphatic rings. The molecule has 0 amide bonds. The molecule has 0 aromatic heterocycles. The molecule has 3 N–H and O–H groups in total. The molecule has 1 aromatic carbocycles. The summed E-state index contributed by atoms with van der Waals surface area (Å²) in [6.45, 7) is 7.70. The van der Waals surface area contributed by atoms with Gasteiger partial charge in [-0.15, -0.1) is 0 Å². The Morgan fingerprint density at radius 1 is 1.11 bits per heavy atom. The van der Waals surface area contributed by atoms with Crippen molar-refractivity contribution in [2.75, 3.05) is 6.26 Å². The van der Waals surface area contributed by atoms with E-state index in [1.54, 1.807) is 6.92 Å². The van der Waals surface area contributed by atoms with Gasteiger partial charge in [-0.2, -0.15) is 0 Å². The van der Waals surface area contributed by atoms with Crippen LogP contribution in [0.5, 0.6) is 0 Å². The van der Waals surface area contributed by atoms with Gasteiger partial charge in [-0.1, -0.05) is 12.1 Å². The molecule has 0 spiro atoms. The van der Waals surface area contributed by atoms with E-state index < -0.39 is 15.1 Å². The Bertz CT molecular complexity index is 538. The summed E-state index contributed by atoms with van der Waals surface area (Å²) in [6, 6.07) is 3.68. The van der Waals surface area contributed by atoms with Crippen molar-refractivity contribution < 1.29 is 8.42 Å². The van der Waals surface area contributed by atoms with Crippen LogP contribution in [0, 0.1) is 20.8 Å². The molecule has 0 heterocycles. The standard InChI is InChI=1S/C13H22N2O2S/c1-8-6-10(3)12(7-9(8)2)13(15-14)11(4)18(5,16)17/h6-7,11,13,15H,14H2,1-5H3. The van der Waals surface area contributed by atoms with E-state index in [2.05, 4.69) is 11.5 Å². The fourth-order valence-electron chi connectivity index (χ4n) is 2.04. The highest BCUT2D eigenvalue weighted by Gasteiger charge is 2.27. The average molecular weight is 270 g/mol. The van der Waals surface area contributed by atoms with E-state index in [1.165, 1.54) is 11.8 Å². The molecule has 1 rings (SSSR count). The summed E-state index contributed by atoms with van der Waals surface area (Å²) in [5, 5.41) is -0.566. The zero-order valence-electron chi connectivity index (χ0n) is 11.6. The van der Waals surface area contributed by atoms with Crippen LogP contribution in [0.1, 0.15) is 35.2 Å². The molecule has 5 heteroatoms. The van der Waals surface area contributed by atoms with Crippen LogP contribution in [0.2, 0.25) is 0 Å². The Kier molecular flexibility index (Phi) is 4.53. The number of hydrogen-bond donors (Lipinski definition) is 2. The molecule has 18 heavy (non-hydrogen) atoms. The van der Waals surface area contributed by atoms with Crippen LogP contribution in [0.25, 0.3) is 0 Å².